The van der Waals surface area contributed by atoms with Crippen molar-refractivity contribution in [1.82, 2.24) is 0 Å². The third-order valence-electron chi connectivity index (χ3n) is 2.00. The van der Waals surface area contributed by atoms with E-state index >= 15 is 0 Å². The first-order valence-electron chi connectivity index (χ1n) is 4.07. The van der Waals surface area contributed by atoms with Gasteiger partial charge in [-0.2, -0.15) is 0 Å². The third kappa shape index (κ3) is 3.85. The maximum Gasteiger partial charge on any atom is 0.0125 e. The lowest BCUT2D eigenvalue weighted by Crippen LogP contribution is -2.37. The van der Waals surface area contributed by atoms with Crippen LogP contribution in [-0.2, 0) is 0 Å². The molecular weight excluding hydrogens is 124 g/mol. The summed E-state index contributed by atoms with van der Waals surface area (Å²) in [5.74, 6) is 0. The van der Waals surface area contributed by atoms with Crippen LogP contribution in [0.25, 0.3) is 0 Å². The lowest BCUT2D eigenvalue weighted by molar-refractivity contribution is 0.322. The first-order chi connectivity index (χ1) is 4.71. The minimum Gasteiger partial charge on any atom is -0.333 e. The maximum absolute atomic E-state index is 5.88. The molecule has 0 aliphatic heterocycles. The standard InChI is InChI=1S/C7H15N.CH5N/c1-7(8)5-3-2-4-6-7;1-2/h2-6,8H2,1H3;2H2,1H3. The van der Waals surface area contributed by atoms with Crippen LogP contribution in [0.4, 0.5) is 0 Å². The van der Waals surface area contributed by atoms with Crippen LogP contribution in [0.1, 0.15) is 39.0 Å². The van der Waals surface area contributed by atoms with Gasteiger partial charge in [-0.15, -0.1) is 0 Å². The number of hydrogen-bond donors (Lipinski definition) is 2. The predicted octanol–water partition coefficient (Wildman–Crippen LogP) is 1.24. The van der Waals surface area contributed by atoms with Crippen LogP contribution < -0.4 is 11.5 Å². The quantitative estimate of drug-likeness (QED) is 0.537. The topological polar surface area (TPSA) is 52.0 Å². The van der Waals surface area contributed by atoms with Gasteiger partial charge in [0.15, 0.2) is 0 Å². The Morgan fingerprint density at radius 1 is 1.00 bits per heavy atom. The Kier molecular flexibility index (Phi) is 4.65. The Labute approximate surface area is 64.0 Å². The molecule has 0 saturated heterocycles. The van der Waals surface area contributed by atoms with Crippen LogP contribution in [0, 0.1) is 0 Å². The van der Waals surface area contributed by atoms with Gasteiger partial charge in [0, 0.05) is 5.54 Å². The van der Waals surface area contributed by atoms with Crippen LogP contribution in [-0.4, -0.2) is 12.6 Å². The zero-order valence-electron chi connectivity index (χ0n) is 7.19. The third-order valence-corrected chi connectivity index (χ3v) is 2.00. The van der Waals surface area contributed by atoms with Gasteiger partial charge in [-0.1, -0.05) is 19.3 Å². The first kappa shape index (κ1) is 9.92. The second kappa shape index (κ2) is 4.69. The van der Waals surface area contributed by atoms with Crippen LogP contribution in [0.5, 0.6) is 0 Å². The molecule has 1 fully saturated rings. The van der Waals surface area contributed by atoms with Gasteiger partial charge in [-0.25, -0.2) is 0 Å². The summed E-state index contributed by atoms with van der Waals surface area (Å²) in [5, 5.41) is 0. The fourth-order valence-electron chi connectivity index (χ4n) is 1.36. The lowest BCUT2D eigenvalue weighted by Gasteiger charge is -2.28. The van der Waals surface area contributed by atoms with Gasteiger partial charge in [0.25, 0.3) is 0 Å². The van der Waals surface area contributed by atoms with Gasteiger partial charge < -0.3 is 11.5 Å². The second-order valence-electron chi connectivity index (χ2n) is 3.21. The molecule has 0 aromatic carbocycles. The summed E-state index contributed by atoms with van der Waals surface area (Å²) in [6.45, 7) is 2.16. The molecule has 2 heteroatoms. The molecule has 0 bridgehead atoms. The lowest BCUT2D eigenvalue weighted by atomic mass is 9.84. The van der Waals surface area contributed by atoms with Crippen molar-refractivity contribution in [2.75, 3.05) is 7.05 Å². The van der Waals surface area contributed by atoms with Crippen molar-refractivity contribution in [2.45, 2.75) is 44.6 Å². The summed E-state index contributed by atoms with van der Waals surface area (Å²) in [5.41, 5.74) is 10.6. The highest BCUT2D eigenvalue weighted by Gasteiger charge is 2.20. The van der Waals surface area contributed by atoms with Crippen LogP contribution in [0.15, 0.2) is 0 Å². The fourth-order valence-corrected chi connectivity index (χ4v) is 1.36. The van der Waals surface area contributed by atoms with Gasteiger partial charge in [-0.3, -0.25) is 0 Å². The van der Waals surface area contributed by atoms with Crippen LogP contribution in [0.2, 0.25) is 0 Å². The Balaban J connectivity index is 0.000000371. The van der Waals surface area contributed by atoms with E-state index in [0.717, 1.165) is 0 Å². The summed E-state index contributed by atoms with van der Waals surface area (Å²) in [7, 11) is 1.50. The highest BCUT2D eigenvalue weighted by atomic mass is 14.7. The molecule has 0 atom stereocenters. The number of nitrogens with two attached hydrogens (primary N) is 2. The molecule has 1 rings (SSSR count). The van der Waals surface area contributed by atoms with Crippen molar-refractivity contribution in [2.24, 2.45) is 11.5 Å². The molecule has 1 aliphatic carbocycles. The van der Waals surface area contributed by atoms with E-state index in [1.807, 2.05) is 0 Å². The van der Waals surface area contributed by atoms with Crippen LogP contribution >= 0.6 is 0 Å². The summed E-state index contributed by atoms with van der Waals surface area (Å²) in [4.78, 5) is 0. The van der Waals surface area contributed by atoms with Crippen molar-refractivity contribution in [3.8, 4) is 0 Å². The minimum absolute atomic E-state index is 0.179. The molecule has 0 spiro atoms. The average molecular weight is 144 g/mol. The molecule has 4 N–H and O–H groups in total. The Hall–Kier alpha value is -0.0800. The van der Waals surface area contributed by atoms with E-state index in [1.54, 1.807) is 0 Å². The maximum atomic E-state index is 5.88. The summed E-state index contributed by atoms with van der Waals surface area (Å²) < 4.78 is 0. The molecule has 10 heavy (non-hydrogen) atoms. The zero-order chi connectivity index (χ0) is 8.04. The van der Waals surface area contributed by atoms with Crippen LogP contribution in [0.3, 0.4) is 0 Å². The number of hydrogen-bond acceptors (Lipinski definition) is 2. The largest absolute Gasteiger partial charge is 0.333 e. The molecule has 0 amide bonds. The molecule has 0 radical (unpaired) electrons. The van der Waals surface area contributed by atoms with Crippen molar-refractivity contribution in [3.05, 3.63) is 0 Å². The van der Waals surface area contributed by atoms with Gasteiger partial charge in [0.1, 0.15) is 0 Å². The molecule has 1 aliphatic rings. The normalized spacial score (nSPS) is 22.8. The van der Waals surface area contributed by atoms with Crippen molar-refractivity contribution in [1.29, 1.82) is 0 Å². The highest BCUT2D eigenvalue weighted by Crippen LogP contribution is 2.24. The minimum atomic E-state index is 0.179. The van der Waals surface area contributed by atoms with E-state index in [9.17, 15) is 0 Å². The van der Waals surface area contributed by atoms with Gasteiger partial charge in [-0.05, 0) is 26.8 Å². The smallest absolute Gasteiger partial charge is 0.0125 e. The Morgan fingerprint density at radius 3 is 1.60 bits per heavy atom. The molecular formula is C8H20N2. The number of rotatable bonds is 0. The SMILES string of the molecule is CC1(N)CCCCC1.CN. The van der Waals surface area contributed by atoms with Gasteiger partial charge in [0.05, 0.1) is 0 Å². The van der Waals surface area contributed by atoms with Crippen molar-refractivity contribution < 1.29 is 0 Å². The molecule has 62 valence electrons. The molecule has 0 heterocycles. The summed E-state index contributed by atoms with van der Waals surface area (Å²) >= 11 is 0. The van der Waals surface area contributed by atoms with Crippen molar-refractivity contribution in [3.63, 3.8) is 0 Å². The Bertz CT molecular complexity index is 71.3. The van der Waals surface area contributed by atoms with E-state index in [-0.39, 0.29) is 5.54 Å². The van der Waals surface area contributed by atoms with Gasteiger partial charge in [0.2, 0.25) is 0 Å². The Morgan fingerprint density at radius 2 is 1.40 bits per heavy atom. The predicted molar refractivity (Wildman–Crippen MR) is 45.8 cm³/mol. The molecule has 0 unspecified atom stereocenters. The monoisotopic (exact) mass is 144 g/mol. The zero-order valence-corrected chi connectivity index (χ0v) is 7.19. The van der Waals surface area contributed by atoms with E-state index in [2.05, 4.69) is 12.7 Å². The van der Waals surface area contributed by atoms with E-state index in [1.165, 1.54) is 39.2 Å². The molecule has 1 saturated carbocycles. The first-order valence-corrected chi connectivity index (χ1v) is 4.07. The van der Waals surface area contributed by atoms with Gasteiger partial charge >= 0.3 is 0 Å². The second-order valence-corrected chi connectivity index (χ2v) is 3.21. The molecule has 0 aromatic heterocycles. The highest BCUT2D eigenvalue weighted by molar-refractivity contribution is 4.81. The summed E-state index contributed by atoms with van der Waals surface area (Å²) in [6.07, 6.45) is 6.53. The average Bonchev–Trinajstić information content (AvgIpc) is 1.92. The summed E-state index contributed by atoms with van der Waals surface area (Å²) in [6, 6.07) is 0. The fraction of sp³-hybridized carbons (Fsp3) is 1.00. The molecule has 2 nitrogen and oxygen atoms in total. The van der Waals surface area contributed by atoms with E-state index < -0.39 is 0 Å². The molecule has 0 aromatic rings. The van der Waals surface area contributed by atoms with Crippen molar-refractivity contribution >= 4 is 0 Å². The van der Waals surface area contributed by atoms with E-state index in [0.29, 0.717) is 0 Å². The van der Waals surface area contributed by atoms with E-state index in [4.69, 9.17) is 5.73 Å².